The van der Waals surface area contributed by atoms with Crippen LogP contribution in [0.25, 0.3) is 27.9 Å². The van der Waals surface area contributed by atoms with Gasteiger partial charge in [-0.3, -0.25) is 5.43 Å². The number of nitrogen functional groups attached to an aromatic ring is 1. The number of carbonyl (C=O) groups is 1. The summed E-state index contributed by atoms with van der Waals surface area (Å²) >= 11 is 0. The molecule has 0 atom stereocenters. The van der Waals surface area contributed by atoms with E-state index in [0.29, 0.717) is 16.9 Å². The van der Waals surface area contributed by atoms with Crippen LogP contribution < -0.4 is 27.3 Å². The number of nitrogens with two attached hydrogens (primary N) is 1. The maximum Gasteiger partial charge on any atom is 0.416 e. The van der Waals surface area contributed by atoms with Crippen molar-refractivity contribution < 1.29 is 18.0 Å². The molecule has 0 saturated heterocycles. The van der Waals surface area contributed by atoms with Gasteiger partial charge in [0.1, 0.15) is 11.0 Å². The highest BCUT2D eigenvalue weighted by Gasteiger charge is 2.30. The second-order valence-electron chi connectivity index (χ2n) is 7.83. The Morgan fingerprint density at radius 1 is 1.09 bits per heavy atom. The number of halogens is 3. The topological polar surface area (TPSA) is 126 Å². The number of H-pyrrole nitrogens is 1. The number of alkyl halides is 3. The van der Waals surface area contributed by atoms with Crippen LogP contribution in [-0.4, -0.2) is 25.6 Å². The number of carbonyl (C=O) groups excluding carboxylic acids is 1. The summed E-state index contributed by atoms with van der Waals surface area (Å²) in [5, 5.41) is 3.24. The Hall–Kier alpha value is -4.74. The van der Waals surface area contributed by atoms with E-state index in [1.807, 2.05) is 6.92 Å². The zero-order valence-electron chi connectivity index (χ0n) is 18.2. The quantitative estimate of drug-likeness (QED) is 0.280. The Morgan fingerprint density at radius 3 is 2.60 bits per heavy atom. The van der Waals surface area contributed by atoms with Crippen molar-refractivity contribution in [3.63, 3.8) is 0 Å². The Morgan fingerprint density at radius 2 is 1.86 bits per heavy atom. The molecular formula is C23H19F3N8O. The molecule has 4 bridgehead atoms. The lowest BCUT2D eigenvalue weighted by Crippen LogP contribution is -2.21. The lowest BCUT2D eigenvalue weighted by atomic mass is 10.2. The van der Waals surface area contributed by atoms with E-state index in [1.165, 1.54) is 29.0 Å². The van der Waals surface area contributed by atoms with Crippen molar-refractivity contribution in [1.29, 1.82) is 0 Å². The van der Waals surface area contributed by atoms with Crippen LogP contribution in [-0.2, 0) is 6.18 Å². The normalized spacial score (nSPS) is 12.6. The summed E-state index contributed by atoms with van der Waals surface area (Å²) in [6.45, 7) is 1.87. The smallest absolute Gasteiger partial charge is 0.396 e. The Labute approximate surface area is 195 Å². The average Bonchev–Trinajstić information content (AvgIpc) is 3.15. The van der Waals surface area contributed by atoms with Gasteiger partial charge in [0.25, 0.3) is 0 Å². The lowest BCUT2D eigenvalue weighted by molar-refractivity contribution is -0.137. The van der Waals surface area contributed by atoms with E-state index in [9.17, 15) is 18.0 Å². The third-order valence-corrected chi connectivity index (χ3v) is 5.38. The number of hydrogen-bond acceptors (Lipinski definition) is 6. The lowest BCUT2D eigenvalue weighted by Gasteiger charge is -2.13. The number of benzene rings is 2. The van der Waals surface area contributed by atoms with Crippen molar-refractivity contribution in [2.45, 2.75) is 13.1 Å². The molecule has 0 spiro atoms. The van der Waals surface area contributed by atoms with Gasteiger partial charge >= 0.3 is 12.2 Å². The van der Waals surface area contributed by atoms with Gasteiger partial charge in [0.05, 0.1) is 34.2 Å². The molecule has 6 N–H and O–H groups in total. The van der Waals surface area contributed by atoms with Crippen molar-refractivity contribution in [3.8, 4) is 0 Å². The number of amides is 1. The summed E-state index contributed by atoms with van der Waals surface area (Å²) in [6.07, 6.45) is -3.18. The molecule has 0 saturated carbocycles. The molecule has 0 radical (unpaired) electrons. The number of pyridine rings is 1. The first kappa shape index (κ1) is 22.1. The molecule has 0 fully saturated rings. The van der Waals surface area contributed by atoms with Crippen LogP contribution in [0.4, 0.5) is 35.2 Å². The molecule has 3 aromatic heterocycles. The summed E-state index contributed by atoms with van der Waals surface area (Å²) in [6, 6.07) is 12.1. The van der Waals surface area contributed by atoms with Gasteiger partial charge in [-0.1, -0.05) is 6.07 Å². The molecule has 2 aromatic carbocycles. The highest BCUT2D eigenvalue weighted by Crippen LogP contribution is 2.30. The monoisotopic (exact) mass is 480 g/mol. The van der Waals surface area contributed by atoms with E-state index in [2.05, 4.69) is 31.1 Å². The van der Waals surface area contributed by atoms with Gasteiger partial charge in [0.2, 0.25) is 0 Å². The molecule has 35 heavy (non-hydrogen) atoms. The predicted molar refractivity (Wildman–Crippen MR) is 127 cm³/mol. The molecule has 12 heteroatoms. The molecule has 9 nitrogen and oxygen atoms in total. The summed E-state index contributed by atoms with van der Waals surface area (Å²) in [5.74, 6) is 0.482. The van der Waals surface area contributed by atoms with Crippen LogP contribution in [0.3, 0.4) is 0 Å². The summed E-state index contributed by atoms with van der Waals surface area (Å²) in [7, 11) is 0. The summed E-state index contributed by atoms with van der Waals surface area (Å²) < 4.78 is 40.6. The molecular weight excluding hydrogens is 461 g/mol. The average molecular weight is 480 g/mol. The molecule has 0 unspecified atom stereocenters. The SMILES string of the molecule is CC1=c2[nH]c3ccc(cc3)n(C(=O)Nc3cccc(C(F)(F)F)c3)c3cc(nc2NN1)c(N)cn3. The predicted octanol–water partition coefficient (Wildman–Crippen LogP) is 4.06. The highest BCUT2D eigenvalue weighted by molar-refractivity contribution is 5.97. The molecule has 1 aliphatic rings. The molecule has 6 rings (SSSR count). The van der Waals surface area contributed by atoms with E-state index in [4.69, 9.17) is 5.73 Å². The first-order valence-electron chi connectivity index (χ1n) is 10.4. The second-order valence-corrected chi connectivity index (χ2v) is 7.83. The van der Waals surface area contributed by atoms with Gasteiger partial charge in [0, 0.05) is 17.3 Å². The van der Waals surface area contributed by atoms with Gasteiger partial charge in [-0.25, -0.2) is 19.3 Å². The van der Waals surface area contributed by atoms with Crippen molar-refractivity contribution in [2.24, 2.45) is 0 Å². The number of aromatic amines is 1. The zero-order chi connectivity index (χ0) is 24.7. The minimum Gasteiger partial charge on any atom is -0.396 e. The van der Waals surface area contributed by atoms with Crippen molar-refractivity contribution in [1.82, 2.24) is 24.9 Å². The van der Waals surface area contributed by atoms with Crippen LogP contribution in [0.15, 0.2) is 60.8 Å². The number of anilines is 3. The van der Waals surface area contributed by atoms with E-state index in [1.54, 1.807) is 24.3 Å². The molecule has 0 aliphatic carbocycles. The Bertz CT molecular complexity index is 1600. The fraction of sp³-hybridized carbons (Fsp3) is 0.0870. The van der Waals surface area contributed by atoms with Gasteiger partial charge in [-0.15, -0.1) is 0 Å². The van der Waals surface area contributed by atoms with Crippen molar-refractivity contribution in [2.75, 3.05) is 16.5 Å². The van der Waals surface area contributed by atoms with Gasteiger partial charge < -0.3 is 21.5 Å². The molecule has 1 amide bonds. The van der Waals surface area contributed by atoms with Crippen LogP contribution >= 0.6 is 0 Å². The van der Waals surface area contributed by atoms with Crippen LogP contribution in [0, 0.1) is 0 Å². The third-order valence-electron chi connectivity index (χ3n) is 5.38. The highest BCUT2D eigenvalue weighted by atomic mass is 19.4. The van der Waals surface area contributed by atoms with Crippen molar-refractivity contribution >= 4 is 51.1 Å². The third kappa shape index (κ3) is 4.28. The van der Waals surface area contributed by atoms with Gasteiger partial charge in [0.15, 0.2) is 5.82 Å². The molecule has 5 aromatic rings. The number of fused-ring (bicyclic) bond motifs is 2. The van der Waals surface area contributed by atoms with Crippen LogP contribution in [0.5, 0.6) is 0 Å². The maximum absolute atomic E-state index is 13.3. The van der Waals surface area contributed by atoms with E-state index >= 15 is 0 Å². The Balaban J connectivity index is 1.73. The number of nitrogens with zero attached hydrogens (tertiary/aromatic N) is 3. The van der Waals surface area contributed by atoms with Crippen LogP contribution in [0.1, 0.15) is 12.5 Å². The number of hydrazine groups is 1. The standard InChI is InChI=1S/C23H19F3N8O/c1-12-20-21(33-32-12)31-18-10-19(28-11-17(18)27)34(16-7-5-14(29-20)6-8-16)22(35)30-15-4-2-3-13(9-15)23(24,25)26/h2-11,29H,27H2,1H3,(H,30,35)(H2,31,32,33). The summed E-state index contributed by atoms with van der Waals surface area (Å²) in [5.41, 5.74) is 14.0. The Kier molecular flexibility index (Phi) is 5.20. The van der Waals surface area contributed by atoms with Crippen LogP contribution in [0.2, 0.25) is 0 Å². The zero-order valence-corrected chi connectivity index (χ0v) is 18.2. The van der Waals surface area contributed by atoms with Gasteiger partial charge in [-0.05, 0) is 49.4 Å². The molecule has 1 aliphatic heterocycles. The number of hydrogen-bond donors (Lipinski definition) is 5. The first-order valence-corrected chi connectivity index (χ1v) is 10.4. The van der Waals surface area contributed by atoms with E-state index in [0.717, 1.165) is 28.7 Å². The largest absolute Gasteiger partial charge is 0.416 e. The first-order chi connectivity index (χ1) is 16.7. The van der Waals surface area contributed by atoms with E-state index in [-0.39, 0.29) is 17.0 Å². The fourth-order valence-corrected chi connectivity index (χ4v) is 3.62. The van der Waals surface area contributed by atoms with Gasteiger partial charge in [-0.2, -0.15) is 13.2 Å². The molecule has 4 heterocycles. The minimum atomic E-state index is -4.54. The summed E-state index contributed by atoms with van der Waals surface area (Å²) in [4.78, 5) is 25.5. The fourth-order valence-electron chi connectivity index (χ4n) is 3.62. The number of aromatic nitrogens is 4. The maximum atomic E-state index is 13.3. The van der Waals surface area contributed by atoms with E-state index < -0.39 is 17.8 Å². The number of rotatable bonds is 1. The minimum absolute atomic E-state index is 0.0170. The van der Waals surface area contributed by atoms with Crippen molar-refractivity contribution in [3.05, 3.63) is 71.7 Å². The second kappa shape index (κ2) is 8.24. The number of nitrogens with one attached hydrogen (secondary N) is 4. The molecule has 178 valence electrons.